The molecule has 3 aliphatic rings. The van der Waals surface area contributed by atoms with E-state index in [9.17, 15) is 9.59 Å². The van der Waals surface area contributed by atoms with Crippen molar-refractivity contribution in [2.24, 2.45) is 17.8 Å². The Hall–Kier alpha value is -2.35. The van der Waals surface area contributed by atoms with Gasteiger partial charge in [-0.1, -0.05) is 0 Å². The highest BCUT2D eigenvalue weighted by Crippen LogP contribution is 2.50. The van der Waals surface area contributed by atoms with Crippen LogP contribution in [0.25, 0.3) is 0 Å². The minimum atomic E-state index is -0.665. The minimum Gasteiger partial charge on any atom is -0.452 e. The van der Waals surface area contributed by atoms with Gasteiger partial charge in [0.1, 0.15) is 0 Å². The number of nitrogens with zero attached hydrogens (tertiary/aromatic N) is 2. The summed E-state index contributed by atoms with van der Waals surface area (Å²) in [6.07, 6.45) is 5.29. The van der Waals surface area contributed by atoms with E-state index in [0.29, 0.717) is 42.7 Å². The Balaban J connectivity index is 1.34. The number of carbonyl (C=O) groups is 2. The summed E-state index contributed by atoms with van der Waals surface area (Å²) in [5, 5.41) is 8.86. The topological polar surface area (TPSA) is 70.4 Å². The third kappa shape index (κ3) is 3.53. The second-order valence-corrected chi connectivity index (χ2v) is 7.46. The van der Waals surface area contributed by atoms with Crippen molar-refractivity contribution in [3.63, 3.8) is 0 Å². The van der Waals surface area contributed by atoms with Gasteiger partial charge < -0.3 is 9.64 Å². The maximum absolute atomic E-state index is 12.6. The number of ether oxygens (including phenoxy) is 1. The number of hydrogen-bond acceptors (Lipinski definition) is 4. The van der Waals surface area contributed by atoms with Crippen LogP contribution in [0.5, 0.6) is 0 Å². The largest absolute Gasteiger partial charge is 0.452 e. The zero-order valence-electron chi connectivity index (χ0n) is 14.2. The molecule has 1 aromatic carbocycles. The van der Waals surface area contributed by atoms with Crippen LogP contribution in [-0.2, 0) is 14.3 Å². The number of esters is 1. The first-order valence-electron chi connectivity index (χ1n) is 9.16. The SMILES string of the molecule is N#Cc1ccc(N2CCC(OC(=O)CC(C3CC3)C3CC3)C2=O)cc1. The molecule has 0 aromatic heterocycles. The third-order valence-electron chi connectivity index (χ3n) is 5.60. The summed E-state index contributed by atoms with van der Waals surface area (Å²) >= 11 is 0. The molecule has 4 rings (SSSR count). The van der Waals surface area contributed by atoms with Crippen LogP contribution in [0.15, 0.2) is 24.3 Å². The first-order valence-corrected chi connectivity index (χ1v) is 9.16. The Labute approximate surface area is 147 Å². The number of benzene rings is 1. The normalized spacial score (nSPS) is 23.0. The van der Waals surface area contributed by atoms with Crippen molar-refractivity contribution in [1.82, 2.24) is 0 Å². The quantitative estimate of drug-likeness (QED) is 0.748. The molecule has 1 atom stereocenters. The minimum absolute atomic E-state index is 0.160. The van der Waals surface area contributed by atoms with E-state index in [4.69, 9.17) is 10.00 Å². The summed E-state index contributed by atoms with van der Waals surface area (Å²) < 4.78 is 5.52. The van der Waals surface area contributed by atoms with Gasteiger partial charge in [-0.25, -0.2) is 0 Å². The van der Waals surface area contributed by atoms with E-state index in [0.717, 1.165) is 5.69 Å². The first-order chi connectivity index (χ1) is 12.2. The molecule has 1 heterocycles. The highest BCUT2D eigenvalue weighted by molar-refractivity contribution is 5.99. The second-order valence-electron chi connectivity index (χ2n) is 7.46. The molecule has 25 heavy (non-hydrogen) atoms. The van der Waals surface area contributed by atoms with Gasteiger partial charge in [0.2, 0.25) is 0 Å². The van der Waals surface area contributed by atoms with Crippen molar-refractivity contribution < 1.29 is 14.3 Å². The van der Waals surface area contributed by atoms with Gasteiger partial charge in [0.15, 0.2) is 6.10 Å². The van der Waals surface area contributed by atoms with E-state index in [2.05, 4.69) is 6.07 Å². The van der Waals surface area contributed by atoms with Gasteiger partial charge in [-0.15, -0.1) is 0 Å². The highest BCUT2D eigenvalue weighted by Gasteiger charge is 2.43. The summed E-state index contributed by atoms with van der Waals surface area (Å²) in [7, 11) is 0. The van der Waals surface area contributed by atoms with Gasteiger partial charge in [0, 0.05) is 25.1 Å². The lowest BCUT2D eigenvalue weighted by atomic mass is 9.94. The van der Waals surface area contributed by atoms with E-state index >= 15 is 0 Å². The molecule has 1 aromatic rings. The fraction of sp³-hybridized carbons (Fsp3) is 0.550. The maximum Gasteiger partial charge on any atom is 0.306 e. The summed E-state index contributed by atoms with van der Waals surface area (Å²) in [5.41, 5.74) is 1.31. The molecule has 0 bridgehead atoms. The second kappa shape index (κ2) is 6.51. The Morgan fingerprint density at radius 1 is 1.16 bits per heavy atom. The van der Waals surface area contributed by atoms with Crippen LogP contribution in [0.2, 0.25) is 0 Å². The Bertz CT molecular complexity index is 701. The molecule has 5 heteroatoms. The van der Waals surface area contributed by atoms with Crippen molar-refractivity contribution >= 4 is 17.6 Å². The molecule has 0 radical (unpaired) electrons. The van der Waals surface area contributed by atoms with Gasteiger partial charge in [0.25, 0.3) is 5.91 Å². The number of hydrogen-bond donors (Lipinski definition) is 0. The molecule has 5 nitrogen and oxygen atoms in total. The van der Waals surface area contributed by atoms with Crippen molar-refractivity contribution in [3.05, 3.63) is 29.8 Å². The molecule has 1 amide bonds. The zero-order valence-corrected chi connectivity index (χ0v) is 14.2. The van der Waals surface area contributed by atoms with E-state index in [1.165, 1.54) is 25.7 Å². The smallest absolute Gasteiger partial charge is 0.306 e. The summed E-state index contributed by atoms with van der Waals surface area (Å²) in [6.45, 7) is 0.539. The average molecular weight is 338 g/mol. The first kappa shape index (κ1) is 16.1. The van der Waals surface area contributed by atoms with Crippen LogP contribution in [0, 0.1) is 29.1 Å². The lowest BCUT2D eigenvalue weighted by Crippen LogP contribution is -2.32. The van der Waals surface area contributed by atoms with E-state index in [-0.39, 0.29) is 11.9 Å². The number of amides is 1. The molecule has 2 saturated carbocycles. The average Bonchev–Trinajstić information content (AvgIpc) is 3.54. The highest BCUT2D eigenvalue weighted by atomic mass is 16.5. The fourth-order valence-corrected chi connectivity index (χ4v) is 3.90. The molecule has 0 spiro atoms. The standard InChI is InChI=1S/C20H22N2O3/c21-12-13-1-7-16(8-2-13)22-10-9-18(20(22)24)25-19(23)11-17(14-3-4-14)15-5-6-15/h1-2,7-8,14-15,17-18H,3-6,9-11H2. The van der Waals surface area contributed by atoms with Crippen LogP contribution >= 0.6 is 0 Å². The Morgan fingerprint density at radius 3 is 2.36 bits per heavy atom. The van der Waals surface area contributed by atoms with Crippen molar-refractivity contribution in [2.45, 2.75) is 44.6 Å². The summed E-state index contributed by atoms with van der Waals surface area (Å²) in [5.74, 6) is 1.50. The van der Waals surface area contributed by atoms with Crippen LogP contribution in [0.4, 0.5) is 5.69 Å². The predicted molar refractivity (Wildman–Crippen MR) is 91.6 cm³/mol. The lowest BCUT2D eigenvalue weighted by Gasteiger charge is -2.18. The lowest BCUT2D eigenvalue weighted by molar-refractivity contribution is -0.154. The molecule has 1 unspecified atom stereocenters. The fourth-order valence-electron chi connectivity index (χ4n) is 3.90. The molecule has 3 fully saturated rings. The molecule has 1 aliphatic heterocycles. The van der Waals surface area contributed by atoms with Crippen LogP contribution in [-0.4, -0.2) is 24.5 Å². The van der Waals surface area contributed by atoms with E-state index in [1.807, 2.05) is 0 Å². The van der Waals surface area contributed by atoms with Gasteiger partial charge in [-0.3, -0.25) is 9.59 Å². The molecule has 1 saturated heterocycles. The van der Waals surface area contributed by atoms with Gasteiger partial charge in [-0.2, -0.15) is 5.26 Å². The maximum atomic E-state index is 12.6. The van der Waals surface area contributed by atoms with Crippen molar-refractivity contribution in [1.29, 1.82) is 5.26 Å². The molecular weight excluding hydrogens is 316 g/mol. The monoisotopic (exact) mass is 338 g/mol. The van der Waals surface area contributed by atoms with Gasteiger partial charge in [0.05, 0.1) is 11.6 Å². The molecule has 130 valence electrons. The van der Waals surface area contributed by atoms with E-state index < -0.39 is 6.10 Å². The Kier molecular flexibility index (Phi) is 4.20. The number of carbonyl (C=O) groups excluding carboxylic acids is 2. The summed E-state index contributed by atoms with van der Waals surface area (Å²) in [4.78, 5) is 26.5. The van der Waals surface area contributed by atoms with Gasteiger partial charge in [-0.05, 0) is 67.7 Å². The summed E-state index contributed by atoms with van der Waals surface area (Å²) in [6, 6.07) is 8.97. The molecular formula is C20H22N2O3. The van der Waals surface area contributed by atoms with Crippen LogP contribution in [0.3, 0.4) is 0 Å². The van der Waals surface area contributed by atoms with Crippen LogP contribution in [0.1, 0.15) is 44.1 Å². The number of rotatable bonds is 6. The Morgan fingerprint density at radius 2 is 1.80 bits per heavy atom. The van der Waals surface area contributed by atoms with Gasteiger partial charge >= 0.3 is 5.97 Å². The van der Waals surface area contributed by atoms with E-state index in [1.54, 1.807) is 29.2 Å². The van der Waals surface area contributed by atoms with Crippen LogP contribution < -0.4 is 4.90 Å². The third-order valence-corrected chi connectivity index (χ3v) is 5.60. The van der Waals surface area contributed by atoms with Crippen molar-refractivity contribution in [3.8, 4) is 6.07 Å². The predicted octanol–water partition coefficient (Wildman–Crippen LogP) is 3.03. The molecule has 2 aliphatic carbocycles. The zero-order chi connectivity index (χ0) is 17.4. The number of anilines is 1. The van der Waals surface area contributed by atoms with Crippen molar-refractivity contribution in [2.75, 3.05) is 11.4 Å². The number of nitriles is 1. The molecule has 0 N–H and O–H groups in total.